The highest BCUT2D eigenvalue weighted by molar-refractivity contribution is 5.28. The summed E-state index contributed by atoms with van der Waals surface area (Å²) in [6, 6.07) is 8.22. The normalized spacial score (nSPS) is 10.8. The number of rotatable bonds is 5. The maximum absolute atomic E-state index is 4.63. The highest BCUT2D eigenvalue weighted by Gasteiger charge is 2.08. The van der Waals surface area contributed by atoms with Gasteiger partial charge in [0.1, 0.15) is 0 Å². The minimum atomic E-state index is 0.775. The van der Waals surface area contributed by atoms with E-state index in [2.05, 4.69) is 35.3 Å². The van der Waals surface area contributed by atoms with Crippen molar-refractivity contribution in [3.8, 4) is 5.82 Å². The second-order valence-corrected chi connectivity index (χ2v) is 4.26. The molecule has 4 heteroatoms. The molecule has 0 aromatic carbocycles. The van der Waals surface area contributed by atoms with Crippen LogP contribution in [0.5, 0.6) is 0 Å². The summed E-state index contributed by atoms with van der Waals surface area (Å²) in [7, 11) is 1.93. The summed E-state index contributed by atoms with van der Waals surface area (Å²) >= 11 is 0. The average Bonchev–Trinajstić information content (AvgIpc) is 2.83. The van der Waals surface area contributed by atoms with Crippen LogP contribution in [0.15, 0.2) is 24.3 Å². The molecule has 0 unspecified atom stereocenters. The molecule has 0 atom stereocenters. The van der Waals surface area contributed by atoms with Crippen molar-refractivity contribution >= 4 is 0 Å². The Morgan fingerprint density at radius 2 is 2.00 bits per heavy atom. The Morgan fingerprint density at radius 3 is 2.67 bits per heavy atom. The topological polar surface area (TPSA) is 42.7 Å². The highest BCUT2D eigenvalue weighted by atomic mass is 15.3. The van der Waals surface area contributed by atoms with Crippen LogP contribution in [0.3, 0.4) is 0 Å². The largest absolute Gasteiger partial charge is 0.314 e. The molecular formula is C14H20N4. The van der Waals surface area contributed by atoms with Gasteiger partial charge in [-0.1, -0.05) is 19.9 Å². The lowest BCUT2D eigenvalue weighted by molar-refractivity contribution is 0.744. The zero-order chi connectivity index (χ0) is 13.0. The molecule has 1 N–H and O–H groups in total. The number of aromatic nitrogens is 3. The second-order valence-electron chi connectivity index (χ2n) is 4.26. The van der Waals surface area contributed by atoms with E-state index < -0.39 is 0 Å². The van der Waals surface area contributed by atoms with E-state index in [1.807, 2.05) is 29.9 Å². The minimum Gasteiger partial charge on any atom is -0.314 e. The molecule has 0 radical (unpaired) electrons. The summed E-state index contributed by atoms with van der Waals surface area (Å²) in [4.78, 5) is 4.63. The lowest BCUT2D eigenvalue weighted by Gasteiger charge is -2.06. The molecule has 0 spiro atoms. The van der Waals surface area contributed by atoms with Gasteiger partial charge < -0.3 is 5.32 Å². The van der Waals surface area contributed by atoms with E-state index in [1.165, 1.54) is 5.69 Å². The van der Waals surface area contributed by atoms with Gasteiger partial charge in [-0.2, -0.15) is 5.10 Å². The van der Waals surface area contributed by atoms with Crippen molar-refractivity contribution in [3.63, 3.8) is 0 Å². The van der Waals surface area contributed by atoms with Gasteiger partial charge in [0.2, 0.25) is 0 Å². The second kappa shape index (κ2) is 5.78. The Balaban J connectivity index is 2.40. The molecule has 0 saturated carbocycles. The van der Waals surface area contributed by atoms with Crippen molar-refractivity contribution in [3.05, 3.63) is 41.3 Å². The number of aryl methyl sites for hydroxylation is 2. The molecule has 0 amide bonds. The van der Waals surface area contributed by atoms with Gasteiger partial charge in [0.25, 0.3) is 0 Å². The molecule has 2 rings (SSSR count). The van der Waals surface area contributed by atoms with Crippen molar-refractivity contribution in [2.24, 2.45) is 0 Å². The quantitative estimate of drug-likeness (QED) is 0.876. The molecule has 4 nitrogen and oxygen atoms in total. The number of hydrogen-bond donors (Lipinski definition) is 1. The zero-order valence-corrected chi connectivity index (χ0v) is 11.3. The SMILES string of the molecule is CCc1cc(CC)n(-c2cccc(CNC)n2)n1. The molecule has 96 valence electrons. The van der Waals surface area contributed by atoms with Crippen molar-refractivity contribution in [2.75, 3.05) is 7.05 Å². The first-order valence-corrected chi connectivity index (χ1v) is 6.47. The number of nitrogens with zero attached hydrogens (tertiary/aromatic N) is 3. The molecule has 2 aromatic heterocycles. The fourth-order valence-electron chi connectivity index (χ4n) is 1.96. The molecular weight excluding hydrogens is 224 g/mol. The Labute approximate surface area is 108 Å². The maximum Gasteiger partial charge on any atom is 0.153 e. The summed E-state index contributed by atoms with van der Waals surface area (Å²) in [5.41, 5.74) is 3.36. The van der Waals surface area contributed by atoms with Crippen LogP contribution >= 0.6 is 0 Å². The van der Waals surface area contributed by atoms with Crippen LogP contribution < -0.4 is 5.32 Å². The molecule has 0 aliphatic heterocycles. The monoisotopic (exact) mass is 244 g/mol. The Hall–Kier alpha value is -1.68. The molecule has 2 aromatic rings. The van der Waals surface area contributed by atoms with E-state index in [4.69, 9.17) is 0 Å². The van der Waals surface area contributed by atoms with Crippen LogP contribution in [0.25, 0.3) is 5.82 Å². The average molecular weight is 244 g/mol. The van der Waals surface area contributed by atoms with E-state index in [9.17, 15) is 0 Å². The summed E-state index contributed by atoms with van der Waals surface area (Å²) in [5, 5.41) is 7.72. The van der Waals surface area contributed by atoms with Gasteiger partial charge in [0, 0.05) is 12.2 Å². The molecule has 0 bridgehead atoms. The Bertz CT molecular complexity index is 516. The van der Waals surface area contributed by atoms with Gasteiger partial charge in [0.15, 0.2) is 5.82 Å². The fourth-order valence-corrected chi connectivity index (χ4v) is 1.96. The van der Waals surface area contributed by atoms with E-state index >= 15 is 0 Å². The van der Waals surface area contributed by atoms with E-state index in [0.29, 0.717) is 0 Å². The molecule has 2 heterocycles. The molecule has 18 heavy (non-hydrogen) atoms. The number of pyridine rings is 1. The zero-order valence-electron chi connectivity index (χ0n) is 11.3. The lowest BCUT2D eigenvalue weighted by Crippen LogP contribution is -2.10. The van der Waals surface area contributed by atoms with Gasteiger partial charge >= 0.3 is 0 Å². The molecule has 0 fully saturated rings. The van der Waals surface area contributed by atoms with E-state index in [0.717, 1.165) is 36.6 Å². The number of nitrogens with one attached hydrogen (secondary N) is 1. The standard InChI is InChI=1S/C14H20N4/c1-4-11-9-13(5-2)18(17-11)14-8-6-7-12(16-14)10-15-3/h6-9,15H,4-5,10H2,1-3H3. The van der Waals surface area contributed by atoms with Gasteiger partial charge in [-0.05, 0) is 38.1 Å². The van der Waals surface area contributed by atoms with Crippen molar-refractivity contribution < 1.29 is 0 Å². The van der Waals surface area contributed by atoms with Crippen molar-refractivity contribution in [2.45, 2.75) is 33.2 Å². The van der Waals surface area contributed by atoms with Gasteiger partial charge in [-0.15, -0.1) is 0 Å². The first-order chi connectivity index (χ1) is 8.78. The van der Waals surface area contributed by atoms with Crippen LogP contribution in [0, 0.1) is 0 Å². The summed E-state index contributed by atoms with van der Waals surface area (Å²) < 4.78 is 1.96. The predicted molar refractivity (Wildman–Crippen MR) is 72.9 cm³/mol. The first-order valence-electron chi connectivity index (χ1n) is 6.47. The lowest BCUT2D eigenvalue weighted by atomic mass is 10.2. The number of hydrogen-bond acceptors (Lipinski definition) is 3. The van der Waals surface area contributed by atoms with Crippen LogP contribution in [0.2, 0.25) is 0 Å². The van der Waals surface area contributed by atoms with E-state index in [-0.39, 0.29) is 0 Å². The van der Waals surface area contributed by atoms with Crippen LogP contribution in [-0.2, 0) is 19.4 Å². The minimum absolute atomic E-state index is 0.775. The molecule has 0 aliphatic carbocycles. The third kappa shape index (κ3) is 2.59. The van der Waals surface area contributed by atoms with Gasteiger partial charge in [0.05, 0.1) is 11.4 Å². The third-order valence-electron chi connectivity index (χ3n) is 2.93. The molecule has 0 aliphatic rings. The molecule has 0 saturated heterocycles. The van der Waals surface area contributed by atoms with Crippen molar-refractivity contribution in [1.82, 2.24) is 20.1 Å². The predicted octanol–water partition coefficient (Wildman–Crippen LogP) is 2.11. The van der Waals surface area contributed by atoms with Gasteiger partial charge in [-0.25, -0.2) is 9.67 Å². The summed E-state index contributed by atoms with van der Waals surface area (Å²) in [5.74, 6) is 0.902. The smallest absolute Gasteiger partial charge is 0.153 e. The maximum atomic E-state index is 4.63. The van der Waals surface area contributed by atoms with E-state index in [1.54, 1.807) is 0 Å². The fraction of sp³-hybridized carbons (Fsp3) is 0.429. The van der Waals surface area contributed by atoms with Crippen LogP contribution in [0.4, 0.5) is 0 Å². The Morgan fingerprint density at radius 1 is 1.17 bits per heavy atom. The van der Waals surface area contributed by atoms with Crippen LogP contribution in [-0.4, -0.2) is 21.8 Å². The Kier molecular flexibility index (Phi) is 4.10. The third-order valence-corrected chi connectivity index (χ3v) is 2.93. The summed E-state index contributed by atoms with van der Waals surface area (Å²) in [6.07, 6.45) is 1.92. The van der Waals surface area contributed by atoms with Crippen LogP contribution in [0.1, 0.15) is 30.9 Å². The van der Waals surface area contributed by atoms with Crippen molar-refractivity contribution in [1.29, 1.82) is 0 Å². The summed E-state index contributed by atoms with van der Waals surface area (Å²) in [6.45, 7) is 5.04. The van der Waals surface area contributed by atoms with Gasteiger partial charge in [-0.3, -0.25) is 0 Å². The highest BCUT2D eigenvalue weighted by Crippen LogP contribution is 2.12. The first kappa shape index (κ1) is 12.8.